The number of carbonyl (C=O) groups excluding carboxylic acids is 1. The second kappa shape index (κ2) is 5.65. The summed E-state index contributed by atoms with van der Waals surface area (Å²) in [4.78, 5) is 18.0. The number of anilines is 1. The second-order valence-electron chi connectivity index (χ2n) is 4.68. The van der Waals surface area contributed by atoms with Crippen LogP contribution in [0, 0.1) is 0 Å². The van der Waals surface area contributed by atoms with E-state index >= 15 is 0 Å². The lowest BCUT2D eigenvalue weighted by molar-refractivity contribution is 0.112. The predicted molar refractivity (Wildman–Crippen MR) is 79.8 cm³/mol. The van der Waals surface area contributed by atoms with E-state index in [-0.39, 0.29) is 0 Å². The Morgan fingerprint density at radius 3 is 2.79 bits per heavy atom. The van der Waals surface area contributed by atoms with Gasteiger partial charge in [0, 0.05) is 18.5 Å². The normalized spacial score (nSPS) is 10.4. The molecule has 19 heavy (non-hydrogen) atoms. The number of fused-ring (bicyclic) bond motifs is 1. The third-order valence-electron chi connectivity index (χ3n) is 3.00. The van der Waals surface area contributed by atoms with E-state index in [9.17, 15) is 4.79 Å². The molecule has 0 bridgehead atoms. The second-order valence-corrected chi connectivity index (χ2v) is 4.68. The number of rotatable bonds is 5. The Kier molecular flexibility index (Phi) is 3.95. The summed E-state index contributed by atoms with van der Waals surface area (Å²) in [5.41, 5.74) is 2.58. The minimum atomic E-state index is 0.627. The lowest BCUT2D eigenvalue weighted by Crippen LogP contribution is -2.26. The van der Waals surface area contributed by atoms with Gasteiger partial charge in [0.1, 0.15) is 5.82 Å². The van der Waals surface area contributed by atoms with Crippen molar-refractivity contribution in [2.45, 2.75) is 13.8 Å². The summed E-state index contributed by atoms with van der Waals surface area (Å²) in [6, 6.07) is 9.72. The zero-order valence-corrected chi connectivity index (χ0v) is 11.4. The fraction of sp³-hybridized carbons (Fsp3) is 0.250. The first-order valence-electron chi connectivity index (χ1n) is 6.40. The maximum absolute atomic E-state index is 11.3. The van der Waals surface area contributed by atoms with Crippen molar-refractivity contribution in [2.75, 3.05) is 18.0 Å². The van der Waals surface area contributed by atoms with Crippen molar-refractivity contribution in [1.82, 2.24) is 4.98 Å². The van der Waals surface area contributed by atoms with Gasteiger partial charge in [0.25, 0.3) is 0 Å². The highest BCUT2D eigenvalue weighted by Crippen LogP contribution is 2.22. The van der Waals surface area contributed by atoms with Crippen molar-refractivity contribution in [3.8, 4) is 0 Å². The Bertz CT molecular complexity index is 619. The van der Waals surface area contributed by atoms with E-state index in [0.717, 1.165) is 35.1 Å². The van der Waals surface area contributed by atoms with E-state index in [1.54, 1.807) is 0 Å². The van der Waals surface area contributed by atoms with Gasteiger partial charge in [0.05, 0.1) is 11.1 Å². The summed E-state index contributed by atoms with van der Waals surface area (Å²) in [6.07, 6.45) is 0.871. The van der Waals surface area contributed by atoms with Gasteiger partial charge in [0.15, 0.2) is 6.29 Å². The molecule has 0 spiro atoms. The molecule has 2 aromatic rings. The molecule has 0 unspecified atom stereocenters. The number of hydrogen-bond donors (Lipinski definition) is 0. The van der Waals surface area contributed by atoms with Crippen LogP contribution in [0.1, 0.15) is 24.2 Å². The first-order chi connectivity index (χ1) is 9.15. The van der Waals surface area contributed by atoms with Crippen LogP contribution in [0.3, 0.4) is 0 Å². The molecule has 0 aliphatic heterocycles. The van der Waals surface area contributed by atoms with E-state index in [4.69, 9.17) is 0 Å². The standard InChI is InChI=1S/C16H18N2O/c1-4-18(10-12(2)3)16-14(11-19)9-13-7-5-6-8-15(13)17-16/h5-9,11H,2,4,10H2,1,3H3. The third-order valence-corrected chi connectivity index (χ3v) is 3.00. The van der Waals surface area contributed by atoms with Gasteiger partial charge in [-0.15, -0.1) is 0 Å². The van der Waals surface area contributed by atoms with Crippen LogP contribution in [0.4, 0.5) is 5.82 Å². The molecule has 98 valence electrons. The summed E-state index contributed by atoms with van der Waals surface area (Å²) >= 11 is 0. The molecule has 0 fully saturated rings. The lowest BCUT2D eigenvalue weighted by atomic mass is 10.1. The monoisotopic (exact) mass is 254 g/mol. The highest BCUT2D eigenvalue weighted by Gasteiger charge is 2.12. The van der Waals surface area contributed by atoms with Crippen LogP contribution in [0.25, 0.3) is 10.9 Å². The van der Waals surface area contributed by atoms with Gasteiger partial charge in [-0.3, -0.25) is 4.79 Å². The Labute approximate surface area is 113 Å². The van der Waals surface area contributed by atoms with Gasteiger partial charge >= 0.3 is 0 Å². The van der Waals surface area contributed by atoms with Crippen LogP contribution in [-0.4, -0.2) is 24.4 Å². The molecule has 0 aliphatic carbocycles. The maximum Gasteiger partial charge on any atom is 0.153 e. The van der Waals surface area contributed by atoms with E-state index in [1.807, 2.05) is 44.2 Å². The lowest BCUT2D eigenvalue weighted by Gasteiger charge is -2.23. The Morgan fingerprint density at radius 2 is 2.16 bits per heavy atom. The molecular weight excluding hydrogens is 236 g/mol. The Balaban J connectivity index is 2.56. The van der Waals surface area contributed by atoms with Gasteiger partial charge in [-0.2, -0.15) is 0 Å². The van der Waals surface area contributed by atoms with Gasteiger partial charge in [0.2, 0.25) is 0 Å². The minimum absolute atomic E-state index is 0.627. The van der Waals surface area contributed by atoms with Gasteiger partial charge < -0.3 is 4.90 Å². The van der Waals surface area contributed by atoms with Gasteiger partial charge in [-0.05, 0) is 26.0 Å². The van der Waals surface area contributed by atoms with Crippen molar-refractivity contribution >= 4 is 23.0 Å². The Morgan fingerprint density at radius 1 is 1.42 bits per heavy atom. The van der Waals surface area contributed by atoms with E-state index < -0.39 is 0 Å². The first-order valence-corrected chi connectivity index (χ1v) is 6.40. The zero-order chi connectivity index (χ0) is 13.8. The molecule has 0 N–H and O–H groups in total. The van der Waals surface area contributed by atoms with Gasteiger partial charge in [-0.25, -0.2) is 4.98 Å². The molecule has 3 nitrogen and oxygen atoms in total. The summed E-state index contributed by atoms with van der Waals surface area (Å²) in [5.74, 6) is 0.735. The third kappa shape index (κ3) is 2.81. The molecule has 0 aliphatic rings. The number of benzene rings is 1. The van der Waals surface area contributed by atoms with Crippen molar-refractivity contribution in [3.63, 3.8) is 0 Å². The van der Waals surface area contributed by atoms with E-state index in [2.05, 4.69) is 16.5 Å². The number of likely N-dealkylation sites (N-methyl/N-ethyl adjacent to an activating group) is 1. The highest BCUT2D eigenvalue weighted by molar-refractivity contribution is 5.91. The van der Waals surface area contributed by atoms with Crippen molar-refractivity contribution < 1.29 is 4.79 Å². The quantitative estimate of drug-likeness (QED) is 0.605. The van der Waals surface area contributed by atoms with E-state index in [0.29, 0.717) is 12.1 Å². The van der Waals surface area contributed by atoms with Crippen LogP contribution in [0.2, 0.25) is 0 Å². The van der Waals surface area contributed by atoms with Crippen LogP contribution in [-0.2, 0) is 0 Å². The number of aldehydes is 1. The van der Waals surface area contributed by atoms with Crippen molar-refractivity contribution in [1.29, 1.82) is 0 Å². The molecule has 1 heterocycles. The van der Waals surface area contributed by atoms with Crippen LogP contribution >= 0.6 is 0 Å². The number of aromatic nitrogens is 1. The fourth-order valence-corrected chi connectivity index (χ4v) is 2.12. The van der Waals surface area contributed by atoms with Crippen LogP contribution in [0.5, 0.6) is 0 Å². The average Bonchev–Trinajstić information content (AvgIpc) is 2.43. The molecule has 2 rings (SSSR count). The smallest absolute Gasteiger partial charge is 0.153 e. The minimum Gasteiger partial charge on any atom is -0.352 e. The molecule has 0 saturated heterocycles. The first kappa shape index (κ1) is 13.3. The largest absolute Gasteiger partial charge is 0.352 e. The summed E-state index contributed by atoms with van der Waals surface area (Å²) in [7, 11) is 0. The molecule has 3 heteroatoms. The maximum atomic E-state index is 11.3. The molecular formula is C16H18N2O. The van der Waals surface area contributed by atoms with E-state index in [1.165, 1.54) is 0 Å². The number of carbonyl (C=O) groups is 1. The molecule has 1 aromatic heterocycles. The summed E-state index contributed by atoms with van der Waals surface area (Å²) in [5, 5.41) is 0.986. The molecule has 1 aromatic carbocycles. The summed E-state index contributed by atoms with van der Waals surface area (Å²) < 4.78 is 0. The SMILES string of the molecule is C=C(C)CN(CC)c1nc2ccccc2cc1C=O. The zero-order valence-electron chi connectivity index (χ0n) is 11.4. The predicted octanol–water partition coefficient (Wildman–Crippen LogP) is 3.45. The Hall–Kier alpha value is -2.16. The van der Waals surface area contributed by atoms with Crippen molar-refractivity contribution in [2.24, 2.45) is 0 Å². The van der Waals surface area contributed by atoms with Crippen LogP contribution < -0.4 is 4.90 Å². The molecule has 0 radical (unpaired) electrons. The topological polar surface area (TPSA) is 33.2 Å². The number of para-hydroxylation sites is 1. The summed E-state index contributed by atoms with van der Waals surface area (Å²) in [6.45, 7) is 9.46. The number of pyridine rings is 1. The molecule has 0 amide bonds. The molecule has 0 atom stereocenters. The number of hydrogen-bond acceptors (Lipinski definition) is 3. The van der Waals surface area contributed by atoms with Crippen molar-refractivity contribution in [3.05, 3.63) is 48.0 Å². The number of nitrogens with zero attached hydrogens (tertiary/aromatic N) is 2. The average molecular weight is 254 g/mol. The fourth-order valence-electron chi connectivity index (χ4n) is 2.12. The highest BCUT2D eigenvalue weighted by atomic mass is 16.1. The molecule has 0 saturated carbocycles. The van der Waals surface area contributed by atoms with Gasteiger partial charge in [-0.1, -0.05) is 30.4 Å². The van der Waals surface area contributed by atoms with Crippen LogP contribution in [0.15, 0.2) is 42.5 Å².